The highest BCUT2D eigenvalue weighted by atomic mass is 15.3. The van der Waals surface area contributed by atoms with Gasteiger partial charge in [0.05, 0.1) is 0 Å². The van der Waals surface area contributed by atoms with Crippen molar-refractivity contribution in [1.29, 1.82) is 0 Å². The molecule has 2 rings (SSSR count). The first-order chi connectivity index (χ1) is 11.2. The van der Waals surface area contributed by atoms with Crippen LogP contribution in [0.3, 0.4) is 0 Å². The summed E-state index contributed by atoms with van der Waals surface area (Å²) >= 11 is 0. The fraction of sp³-hybridized carbons (Fsp3) is 0.824. The lowest BCUT2D eigenvalue weighted by atomic mass is 9.86. The van der Waals surface area contributed by atoms with E-state index in [-0.39, 0.29) is 0 Å². The van der Waals surface area contributed by atoms with Gasteiger partial charge in [-0.1, -0.05) is 32.1 Å². The quantitative estimate of drug-likeness (QED) is 0.460. The number of guanidine groups is 1. The molecule has 0 saturated heterocycles. The van der Waals surface area contributed by atoms with Gasteiger partial charge in [-0.15, -0.1) is 10.2 Å². The molecule has 1 aromatic heterocycles. The number of aliphatic imine (C=N–C) groups is 1. The average molecular weight is 320 g/mol. The van der Waals surface area contributed by atoms with E-state index in [1.54, 1.807) is 0 Å². The first-order valence-electron chi connectivity index (χ1n) is 9.07. The zero-order chi connectivity index (χ0) is 16.5. The third-order valence-corrected chi connectivity index (χ3v) is 4.71. The van der Waals surface area contributed by atoms with Crippen LogP contribution in [0.4, 0.5) is 0 Å². The van der Waals surface area contributed by atoms with Gasteiger partial charge in [-0.25, -0.2) is 4.99 Å². The van der Waals surface area contributed by atoms with E-state index in [1.165, 1.54) is 44.9 Å². The average Bonchev–Trinajstić information content (AvgIpc) is 2.89. The van der Waals surface area contributed by atoms with Crippen LogP contribution in [0.25, 0.3) is 0 Å². The standard InChI is InChI=1S/C17H32N6/c1-4-18-17(20-13-16-22-21-14(2)23(16)3)19-12-8-11-15-9-6-5-7-10-15/h15H,4-13H2,1-3H3,(H2,18,19,20). The van der Waals surface area contributed by atoms with Crippen LogP contribution < -0.4 is 10.6 Å². The minimum atomic E-state index is 0.551. The minimum Gasteiger partial charge on any atom is -0.357 e. The second-order valence-corrected chi connectivity index (χ2v) is 6.49. The third-order valence-electron chi connectivity index (χ3n) is 4.71. The molecule has 1 fully saturated rings. The van der Waals surface area contributed by atoms with E-state index >= 15 is 0 Å². The molecule has 1 saturated carbocycles. The summed E-state index contributed by atoms with van der Waals surface area (Å²) in [5, 5.41) is 15.0. The number of aryl methyl sites for hydroxylation is 1. The fourth-order valence-electron chi connectivity index (χ4n) is 3.15. The summed E-state index contributed by atoms with van der Waals surface area (Å²) in [5.41, 5.74) is 0. The second kappa shape index (κ2) is 9.53. The lowest BCUT2D eigenvalue weighted by molar-refractivity contribution is 0.332. The second-order valence-electron chi connectivity index (χ2n) is 6.49. The lowest BCUT2D eigenvalue weighted by Crippen LogP contribution is -2.38. The van der Waals surface area contributed by atoms with Gasteiger partial charge in [0.2, 0.25) is 0 Å². The van der Waals surface area contributed by atoms with Gasteiger partial charge in [-0.05, 0) is 32.6 Å². The van der Waals surface area contributed by atoms with Gasteiger partial charge in [-0.2, -0.15) is 0 Å². The van der Waals surface area contributed by atoms with Crippen molar-refractivity contribution in [1.82, 2.24) is 25.4 Å². The Kier molecular flexibility index (Phi) is 7.36. The molecule has 0 amide bonds. The van der Waals surface area contributed by atoms with Crippen molar-refractivity contribution < 1.29 is 0 Å². The molecule has 1 aromatic rings. The summed E-state index contributed by atoms with van der Waals surface area (Å²) in [4.78, 5) is 4.61. The van der Waals surface area contributed by atoms with E-state index < -0.39 is 0 Å². The van der Waals surface area contributed by atoms with Gasteiger partial charge >= 0.3 is 0 Å². The van der Waals surface area contributed by atoms with Crippen molar-refractivity contribution in [3.8, 4) is 0 Å². The normalized spacial score (nSPS) is 16.6. The van der Waals surface area contributed by atoms with Crippen molar-refractivity contribution in [3.63, 3.8) is 0 Å². The highest BCUT2D eigenvalue weighted by Crippen LogP contribution is 2.26. The van der Waals surface area contributed by atoms with E-state index in [1.807, 2.05) is 18.5 Å². The summed E-state index contributed by atoms with van der Waals surface area (Å²) in [7, 11) is 1.98. The van der Waals surface area contributed by atoms with Crippen molar-refractivity contribution in [2.24, 2.45) is 18.0 Å². The van der Waals surface area contributed by atoms with Gasteiger partial charge < -0.3 is 15.2 Å². The van der Waals surface area contributed by atoms with Crippen LogP contribution in [-0.2, 0) is 13.6 Å². The molecule has 1 aliphatic rings. The summed E-state index contributed by atoms with van der Waals surface area (Å²) in [6, 6.07) is 0. The molecular weight excluding hydrogens is 288 g/mol. The minimum absolute atomic E-state index is 0.551. The number of aromatic nitrogens is 3. The van der Waals surface area contributed by atoms with E-state index in [0.29, 0.717) is 6.54 Å². The summed E-state index contributed by atoms with van der Waals surface area (Å²) < 4.78 is 1.98. The molecule has 1 aliphatic carbocycles. The molecule has 0 spiro atoms. The maximum Gasteiger partial charge on any atom is 0.191 e. The predicted molar refractivity (Wildman–Crippen MR) is 94.4 cm³/mol. The van der Waals surface area contributed by atoms with Gasteiger partial charge in [0.25, 0.3) is 0 Å². The Morgan fingerprint density at radius 2 is 2.00 bits per heavy atom. The Hall–Kier alpha value is -1.59. The SMILES string of the molecule is CCNC(=NCc1nnc(C)n1C)NCCCC1CCCCC1. The monoisotopic (exact) mass is 320 g/mol. The van der Waals surface area contributed by atoms with Gasteiger partial charge in [0, 0.05) is 20.1 Å². The van der Waals surface area contributed by atoms with Crippen LogP contribution >= 0.6 is 0 Å². The molecule has 0 atom stereocenters. The van der Waals surface area contributed by atoms with Crippen molar-refractivity contribution in [2.45, 2.75) is 65.3 Å². The predicted octanol–water partition coefficient (Wildman–Crippen LogP) is 2.54. The Bertz CT molecular complexity index is 487. The first-order valence-corrected chi connectivity index (χ1v) is 9.07. The lowest BCUT2D eigenvalue weighted by Gasteiger charge is -2.21. The van der Waals surface area contributed by atoms with E-state index in [4.69, 9.17) is 0 Å². The largest absolute Gasteiger partial charge is 0.357 e. The Morgan fingerprint density at radius 1 is 1.22 bits per heavy atom. The van der Waals surface area contributed by atoms with Gasteiger partial charge in [0.1, 0.15) is 12.4 Å². The van der Waals surface area contributed by atoms with Crippen LogP contribution in [0.15, 0.2) is 4.99 Å². The number of nitrogens with zero attached hydrogens (tertiary/aromatic N) is 4. The summed E-state index contributed by atoms with van der Waals surface area (Å²) in [6.07, 6.45) is 9.72. The molecule has 6 heteroatoms. The highest BCUT2D eigenvalue weighted by Gasteiger charge is 2.12. The molecule has 130 valence electrons. The highest BCUT2D eigenvalue weighted by molar-refractivity contribution is 5.79. The molecule has 6 nitrogen and oxygen atoms in total. The maximum atomic E-state index is 4.61. The molecule has 0 radical (unpaired) electrons. The molecule has 1 heterocycles. The zero-order valence-corrected chi connectivity index (χ0v) is 14.9. The van der Waals surface area contributed by atoms with E-state index in [0.717, 1.165) is 36.6 Å². The van der Waals surface area contributed by atoms with Crippen molar-refractivity contribution in [2.75, 3.05) is 13.1 Å². The fourth-order valence-corrected chi connectivity index (χ4v) is 3.15. The van der Waals surface area contributed by atoms with Crippen LogP contribution in [0.1, 0.15) is 63.5 Å². The smallest absolute Gasteiger partial charge is 0.191 e. The van der Waals surface area contributed by atoms with Crippen LogP contribution in [0, 0.1) is 12.8 Å². The molecular formula is C17H32N6. The Balaban J connectivity index is 1.74. The summed E-state index contributed by atoms with van der Waals surface area (Å²) in [5.74, 6) is 3.63. The zero-order valence-electron chi connectivity index (χ0n) is 14.9. The third kappa shape index (κ3) is 5.84. The molecule has 0 unspecified atom stereocenters. The Morgan fingerprint density at radius 3 is 2.65 bits per heavy atom. The molecule has 0 aromatic carbocycles. The number of hydrogen-bond donors (Lipinski definition) is 2. The van der Waals surface area contributed by atoms with E-state index in [2.05, 4.69) is 32.7 Å². The van der Waals surface area contributed by atoms with Crippen molar-refractivity contribution in [3.05, 3.63) is 11.6 Å². The van der Waals surface area contributed by atoms with Gasteiger partial charge in [-0.3, -0.25) is 0 Å². The Labute approximate surface area is 140 Å². The van der Waals surface area contributed by atoms with Crippen molar-refractivity contribution >= 4 is 5.96 Å². The molecule has 23 heavy (non-hydrogen) atoms. The maximum absolute atomic E-state index is 4.61. The number of nitrogens with one attached hydrogen (secondary N) is 2. The van der Waals surface area contributed by atoms with Crippen LogP contribution in [0.5, 0.6) is 0 Å². The summed E-state index contributed by atoms with van der Waals surface area (Å²) in [6.45, 7) is 6.45. The van der Waals surface area contributed by atoms with Crippen LogP contribution in [0.2, 0.25) is 0 Å². The topological polar surface area (TPSA) is 67.1 Å². The molecule has 0 aliphatic heterocycles. The molecule has 2 N–H and O–H groups in total. The van der Waals surface area contributed by atoms with Gasteiger partial charge in [0.15, 0.2) is 11.8 Å². The van der Waals surface area contributed by atoms with Crippen LogP contribution in [-0.4, -0.2) is 33.8 Å². The number of hydrogen-bond acceptors (Lipinski definition) is 3. The first kappa shape index (κ1) is 17.8. The number of rotatable bonds is 7. The van der Waals surface area contributed by atoms with E-state index in [9.17, 15) is 0 Å². The molecule has 0 bridgehead atoms.